The first-order chi connectivity index (χ1) is 8.78. The molecule has 2 N–H and O–H groups in total. The lowest BCUT2D eigenvalue weighted by atomic mass is 10.1. The maximum absolute atomic E-state index is 5.70. The standard InChI is InChI=1S/C14H14N4/c1-10-5-7-11(8-6-10)14-16-13-4-2-3-12(9-15)18(13)17-14/h2-8H,9,15H2,1H3. The Balaban J connectivity index is 2.16. The number of aryl methyl sites for hydroxylation is 1. The molecule has 0 saturated carbocycles. The number of pyridine rings is 1. The highest BCUT2D eigenvalue weighted by Gasteiger charge is 2.07. The van der Waals surface area contributed by atoms with E-state index in [2.05, 4.69) is 29.1 Å². The van der Waals surface area contributed by atoms with E-state index in [0.717, 1.165) is 22.7 Å². The summed E-state index contributed by atoms with van der Waals surface area (Å²) in [5.74, 6) is 0.732. The first-order valence-electron chi connectivity index (χ1n) is 5.90. The summed E-state index contributed by atoms with van der Waals surface area (Å²) in [6.07, 6.45) is 0. The lowest BCUT2D eigenvalue weighted by Crippen LogP contribution is -2.04. The van der Waals surface area contributed by atoms with E-state index >= 15 is 0 Å². The minimum absolute atomic E-state index is 0.452. The number of hydrogen-bond acceptors (Lipinski definition) is 3. The van der Waals surface area contributed by atoms with Gasteiger partial charge in [0, 0.05) is 12.1 Å². The molecule has 2 heterocycles. The molecule has 0 saturated heterocycles. The maximum Gasteiger partial charge on any atom is 0.182 e. The van der Waals surface area contributed by atoms with Crippen molar-refractivity contribution < 1.29 is 0 Å². The molecule has 0 radical (unpaired) electrons. The van der Waals surface area contributed by atoms with Gasteiger partial charge in [-0.3, -0.25) is 0 Å². The molecule has 1 aromatic carbocycles. The van der Waals surface area contributed by atoms with Crippen LogP contribution in [0.15, 0.2) is 42.5 Å². The topological polar surface area (TPSA) is 56.2 Å². The van der Waals surface area contributed by atoms with Crippen molar-refractivity contribution in [1.82, 2.24) is 14.6 Å². The molecule has 0 aliphatic heterocycles. The van der Waals surface area contributed by atoms with Gasteiger partial charge in [0.2, 0.25) is 0 Å². The van der Waals surface area contributed by atoms with Gasteiger partial charge in [0.1, 0.15) is 0 Å². The zero-order chi connectivity index (χ0) is 12.5. The summed E-state index contributed by atoms with van der Waals surface area (Å²) in [5.41, 5.74) is 9.73. The molecule has 4 heteroatoms. The van der Waals surface area contributed by atoms with Gasteiger partial charge in [0.05, 0.1) is 5.69 Å². The summed E-state index contributed by atoms with van der Waals surface area (Å²) in [6, 6.07) is 14.0. The van der Waals surface area contributed by atoms with Gasteiger partial charge in [-0.1, -0.05) is 35.9 Å². The highest BCUT2D eigenvalue weighted by Crippen LogP contribution is 2.17. The van der Waals surface area contributed by atoms with Crippen molar-refractivity contribution in [3.05, 3.63) is 53.7 Å². The average molecular weight is 238 g/mol. The third-order valence-corrected chi connectivity index (χ3v) is 2.96. The van der Waals surface area contributed by atoms with Crippen molar-refractivity contribution in [2.75, 3.05) is 0 Å². The van der Waals surface area contributed by atoms with E-state index in [-0.39, 0.29) is 0 Å². The van der Waals surface area contributed by atoms with Crippen molar-refractivity contribution >= 4 is 5.65 Å². The predicted molar refractivity (Wildman–Crippen MR) is 71.1 cm³/mol. The molecule has 3 rings (SSSR count). The Bertz CT molecular complexity index is 683. The van der Waals surface area contributed by atoms with E-state index in [1.54, 1.807) is 4.52 Å². The summed E-state index contributed by atoms with van der Waals surface area (Å²) in [5, 5.41) is 4.51. The monoisotopic (exact) mass is 238 g/mol. The van der Waals surface area contributed by atoms with Crippen molar-refractivity contribution in [1.29, 1.82) is 0 Å². The number of nitrogens with two attached hydrogens (primary N) is 1. The molecule has 0 unspecified atom stereocenters. The molecular formula is C14H14N4. The first kappa shape index (κ1) is 10.9. The SMILES string of the molecule is Cc1ccc(-c2nc3cccc(CN)n3n2)cc1. The summed E-state index contributed by atoms with van der Waals surface area (Å²) >= 11 is 0. The second kappa shape index (κ2) is 4.23. The Hall–Kier alpha value is -2.20. The minimum atomic E-state index is 0.452. The highest BCUT2D eigenvalue weighted by molar-refractivity contribution is 5.58. The van der Waals surface area contributed by atoms with Gasteiger partial charge in [-0.25, -0.2) is 9.50 Å². The van der Waals surface area contributed by atoms with Gasteiger partial charge >= 0.3 is 0 Å². The summed E-state index contributed by atoms with van der Waals surface area (Å²) in [4.78, 5) is 4.52. The molecule has 90 valence electrons. The fourth-order valence-electron chi connectivity index (χ4n) is 1.94. The lowest BCUT2D eigenvalue weighted by Gasteiger charge is -1.98. The Kier molecular flexibility index (Phi) is 2.57. The van der Waals surface area contributed by atoms with E-state index < -0.39 is 0 Å². The smallest absolute Gasteiger partial charge is 0.182 e. The Labute approximate surface area is 105 Å². The van der Waals surface area contributed by atoms with Gasteiger partial charge in [-0.2, -0.15) is 0 Å². The van der Waals surface area contributed by atoms with E-state index in [1.807, 2.05) is 30.3 Å². The Morgan fingerprint density at radius 2 is 1.89 bits per heavy atom. The molecule has 3 aromatic rings. The molecule has 0 amide bonds. The van der Waals surface area contributed by atoms with Gasteiger partial charge in [-0.15, -0.1) is 5.10 Å². The quantitative estimate of drug-likeness (QED) is 0.744. The molecule has 0 spiro atoms. The number of fused-ring (bicyclic) bond motifs is 1. The van der Waals surface area contributed by atoms with E-state index in [4.69, 9.17) is 5.73 Å². The number of rotatable bonds is 2. The van der Waals surface area contributed by atoms with Gasteiger partial charge < -0.3 is 5.73 Å². The van der Waals surface area contributed by atoms with Crippen LogP contribution < -0.4 is 5.73 Å². The van der Waals surface area contributed by atoms with Crippen molar-refractivity contribution in [3.63, 3.8) is 0 Å². The second-order valence-corrected chi connectivity index (χ2v) is 4.29. The molecule has 18 heavy (non-hydrogen) atoms. The van der Waals surface area contributed by atoms with Gasteiger partial charge in [0.15, 0.2) is 11.5 Å². The van der Waals surface area contributed by atoms with E-state index in [1.165, 1.54) is 5.56 Å². The molecule has 2 aromatic heterocycles. The summed E-state index contributed by atoms with van der Waals surface area (Å²) in [6.45, 7) is 2.52. The van der Waals surface area contributed by atoms with Crippen LogP contribution in [-0.4, -0.2) is 14.6 Å². The van der Waals surface area contributed by atoms with Crippen LogP contribution in [0.1, 0.15) is 11.3 Å². The van der Waals surface area contributed by atoms with Crippen LogP contribution in [0, 0.1) is 6.92 Å². The normalized spacial score (nSPS) is 11.0. The first-order valence-corrected chi connectivity index (χ1v) is 5.90. The van der Waals surface area contributed by atoms with E-state index in [9.17, 15) is 0 Å². The van der Waals surface area contributed by atoms with E-state index in [0.29, 0.717) is 6.54 Å². The molecule has 0 bridgehead atoms. The largest absolute Gasteiger partial charge is 0.325 e. The zero-order valence-corrected chi connectivity index (χ0v) is 10.2. The van der Waals surface area contributed by atoms with Gasteiger partial charge in [0.25, 0.3) is 0 Å². The summed E-state index contributed by atoms with van der Waals surface area (Å²) < 4.78 is 1.80. The number of aromatic nitrogens is 3. The number of benzene rings is 1. The third-order valence-electron chi connectivity index (χ3n) is 2.96. The third kappa shape index (κ3) is 1.76. The van der Waals surface area contributed by atoms with Crippen LogP contribution >= 0.6 is 0 Å². The van der Waals surface area contributed by atoms with Crippen molar-refractivity contribution in [2.24, 2.45) is 5.73 Å². The summed E-state index contributed by atoms with van der Waals surface area (Å²) in [7, 11) is 0. The fraction of sp³-hybridized carbons (Fsp3) is 0.143. The Morgan fingerprint density at radius 1 is 1.11 bits per heavy atom. The molecule has 0 fully saturated rings. The molecule has 0 atom stereocenters. The van der Waals surface area contributed by atoms with Crippen LogP contribution in [0.2, 0.25) is 0 Å². The number of nitrogens with zero attached hydrogens (tertiary/aromatic N) is 3. The molecule has 4 nitrogen and oxygen atoms in total. The Morgan fingerprint density at radius 3 is 2.61 bits per heavy atom. The molecular weight excluding hydrogens is 224 g/mol. The maximum atomic E-state index is 5.70. The highest BCUT2D eigenvalue weighted by atomic mass is 15.3. The second-order valence-electron chi connectivity index (χ2n) is 4.29. The van der Waals surface area contributed by atoms with Crippen LogP contribution in [0.4, 0.5) is 0 Å². The average Bonchev–Trinajstić information content (AvgIpc) is 2.83. The lowest BCUT2D eigenvalue weighted by molar-refractivity contribution is 0.852. The van der Waals surface area contributed by atoms with Crippen molar-refractivity contribution in [3.8, 4) is 11.4 Å². The minimum Gasteiger partial charge on any atom is -0.325 e. The van der Waals surface area contributed by atoms with Crippen LogP contribution in [0.3, 0.4) is 0 Å². The van der Waals surface area contributed by atoms with Crippen LogP contribution in [0.5, 0.6) is 0 Å². The number of hydrogen-bond donors (Lipinski definition) is 1. The zero-order valence-electron chi connectivity index (χ0n) is 10.2. The fourth-order valence-corrected chi connectivity index (χ4v) is 1.94. The molecule has 0 aliphatic rings. The predicted octanol–water partition coefficient (Wildman–Crippen LogP) is 2.16. The molecule has 0 aliphatic carbocycles. The van der Waals surface area contributed by atoms with Crippen LogP contribution in [0.25, 0.3) is 17.0 Å². The van der Waals surface area contributed by atoms with Crippen molar-refractivity contribution in [2.45, 2.75) is 13.5 Å². The van der Waals surface area contributed by atoms with Gasteiger partial charge in [-0.05, 0) is 19.1 Å². The van der Waals surface area contributed by atoms with Crippen LogP contribution in [-0.2, 0) is 6.54 Å².